The Labute approximate surface area is 127 Å². The molecule has 2 unspecified atom stereocenters. The average Bonchev–Trinajstić information content (AvgIpc) is 3.12. The maximum Gasteiger partial charge on any atom is 0.185 e. The monoisotopic (exact) mass is 308 g/mol. The summed E-state index contributed by atoms with van der Waals surface area (Å²) in [6.07, 6.45) is 1.88. The quantitative estimate of drug-likeness (QED) is 0.942. The number of hydrogen-bond donors (Lipinski definition) is 1. The summed E-state index contributed by atoms with van der Waals surface area (Å²) >= 11 is 3.52. The first-order valence-corrected chi connectivity index (χ1v) is 8.69. The van der Waals surface area contributed by atoms with Gasteiger partial charge < -0.3 is 10.6 Å². The number of hydrogen-bond acceptors (Lipinski definition) is 6. The van der Waals surface area contributed by atoms with E-state index in [1.807, 2.05) is 11.6 Å². The van der Waals surface area contributed by atoms with Gasteiger partial charge in [-0.1, -0.05) is 6.07 Å². The minimum absolute atomic E-state index is 0.153. The number of thiophene rings is 1. The highest BCUT2D eigenvalue weighted by atomic mass is 32.1. The van der Waals surface area contributed by atoms with E-state index in [0.29, 0.717) is 6.04 Å². The van der Waals surface area contributed by atoms with E-state index >= 15 is 0 Å². The molecule has 2 N–H and O–H groups in total. The van der Waals surface area contributed by atoms with Crippen LogP contribution in [0.25, 0.3) is 0 Å². The Bertz CT molecular complexity index is 501. The predicted molar refractivity (Wildman–Crippen MR) is 86.6 cm³/mol. The highest BCUT2D eigenvalue weighted by molar-refractivity contribution is 7.13. The first-order chi connectivity index (χ1) is 9.75. The van der Waals surface area contributed by atoms with E-state index in [9.17, 15) is 0 Å². The Morgan fingerprint density at radius 1 is 1.20 bits per heavy atom. The number of piperazine rings is 1. The number of rotatable bonds is 4. The van der Waals surface area contributed by atoms with Gasteiger partial charge in [0.15, 0.2) is 5.13 Å². The fraction of sp³-hybridized carbons (Fsp3) is 0.500. The molecule has 6 heteroatoms. The zero-order valence-electron chi connectivity index (χ0n) is 11.6. The number of thiazole rings is 1. The lowest BCUT2D eigenvalue weighted by Crippen LogP contribution is -2.50. The maximum absolute atomic E-state index is 6.23. The summed E-state index contributed by atoms with van der Waals surface area (Å²) in [5.74, 6) is 0. The minimum atomic E-state index is 0.153. The first kappa shape index (κ1) is 14.0. The van der Waals surface area contributed by atoms with E-state index in [1.165, 1.54) is 4.88 Å². The van der Waals surface area contributed by atoms with Crippen molar-refractivity contribution in [3.05, 3.63) is 34.0 Å². The van der Waals surface area contributed by atoms with E-state index in [-0.39, 0.29) is 6.04 Å². The van der Waals surface area contributed by atoms with Crippen molar-refractivity contribution in [3.8, 4) is 0 Å². The lowest BCUT2D eigenvalue weighted by molar-refractivity contribution is 0.169. The molecule has 2 aromatic rings. The highest BCUT2D eigenvalue weighted by Gasteiger charge is 2.28. The molecule has 2 atom stereocenters. The number of aromatic nitrogens is 1. The fourth-order valence-electron chi connectivity index (χ4n) is 2.79. The molecule has 2 aromatic heterocycles. The Balaban J connectivity index is 1.67. The minimum Gasteiger partial charge on any atom is -0.346 e. The molecule has 0 aromatic carbocycles. The molecule has 0 radical (unpaired) electrons. The molecule has 3 heterocycles. The molecule has 1 fully saturated rings. The molecule has 0 amide bonds. The van der Waals surface area contributed by atoms with Gasteiger partial charge in [0.05, 0.1) is 6.04 Å². The second-order valence-electron chi connectivity index (χ2n) is 5.16. The normalized spacial score (nSPS) is 20.0. The van der Waals surface area contributed by atoms with Gasteiger partial charge >= 0.3 is 0 Å². The molecule has 1 aliphatic rings. The second-order valence-corrected chi connectivity index (χ2v) is 7.01. The second kappa shape index (κ2) is 6.22. The van der Waals surface area contributed by atoms with Crippen LogP contribution >= 0.6 is 22.7 Å². The molecule has 20 heavy (non-hydrogen) atoms. The van der Waals surface area contributed by atoms with Crippen LogP contribution in [0, 0.1) is 0 Å². The SMILES string of the molecule is CC(N)C(c1cccs1)N1CCN(c2nccs2)CC1. The van der Waals surface area contributed by atoms with Crippen LogP contribution in [-0.4, -0.2) is 42.1 Å². The van der Waals surface area contributed by atoms with Gasteiger partial charge in [0.25, 0.3) is 0 Å². The molecular weight excluding hydrogens is 288 g/mol. The Morgan fingerprint density at radius 2 is 2.00 bits per heavy atom. The smallest absolute Gasteiger partial charge is 0.185 e. The molecule has 0 aliphatic carbocycles. The van der Waals surface area contributed by atoms with Gasteiger partial charge in [-0.05, 0) is 18.4 Å². The van der Waals surface area contributed by atoms with E-state index in [4.69, 9.17) is 5.73 Å². The predicted octanol–water partition coefficient (Wildman–Crippen LogP) is 2.42. The molecule has 1 saturated heterocycles. The third-order valence-electron chi connectivity index (χ3n) is 3.73. The molecule has 0 spiro atoms. The average molecular weight is 308 g/mol. The van der Waals surface area contributed by atoms with Crippen LogP contribution in [0.4, 0.5) is 5.13 Å². The summed E-state index contributed by atoms with van der Waals surface area (Å²) in [5, 5.41) is 5.31. The van der Waals surface area contributed by atoms with Gasteiger partial charge in [-0.3, -0.25) is 4.90 Å². The topological polar surface area (TPSA) is 45.4 Å². The summed E-state index contributed by atoms with van der Waals surface area (Å²) in [7, 11) is 0. The third kappa shape index (κ3) is 2.88. The zero-order valence-corrected chi connectivity index (χ0v) is 13.2. The molecule has 0 bridgehead atoms. The van der Waals surface area contributed by atoms with Crippen molar-refractivity contribution in [2.75, 3.05) is 31.1 Å². The van der Waals surface area contributed by atoms with Gasteiger partial charge in [0.1, 0.15) is 0 Å². The van der Waals surface area contributed by atoms with Gasteiger partial charge in [-0.2, -0.15) is 0 Å². The van der Waals surface area contributed by atoms with Crippen LogP contribution < -0.4 is 10.6 Å². The van der Waals surface area contributed by atoms with Gasteiger partial charge in [-0.25, -0.2) is 4.98 Å². The number of anilines is 1. The third-order valence-corrected chi connectivity index (χ3v) is 5.51. The summed E-state index contributed by atoms with van der Waals surface area (Å²) in [4.78, 5) is 10.7. The molecule has 3 rings (SSSR count). The summed E-state index contributed by atoms with van der Waals surface area (Å²) in [6.45, 7) is 6.26. The first-order valence-electron chi connectivity index (χ1n) is 6.93. The van der Waals surface area contributed by atoms with Crippen molar-refractivity contribution in [1.82, 2.24) is 9.88 Å². The van der Waals surface area contributed by atoms with E-state index < -0.39 is 0 Å². The Kier molecular flexibility index (Phi) is 4.35. The summed E-state index contributed by atoms with van der Waals surface area (Å²) in [6, 6.07) is 4.81. The molecular formula is C14H20N4S2. The zero-order chi connectivity index (χ0) is 13.9. The number of nitrogens with two attached hydrogens (primary N) is 1. The fourth-order valence-corrected chi connectivity index (χ4v) is 4.47. The lowest BCUT2D eigenvalue weighted by atomic mass is 10.1. The Hall–Kier alpha value is -0.950. The maximum atomic E-state index is 6.23. The van der Waals surface area contributed by atoms with Crippen molar-refractivity contribution in [1.29, 1.82) is 0 Å². The lowest BCUT2D eigenvalue weighted by Gasteiger charge is -2.40. The van der Waals surface area contributed by atoms with Crippen LogP contribution in [0.1, 0.15) is 17.8 Å². The van der Waals surface area contributed by atoms with E-state index in [1.54, 1.807) is 22.7 Å². The van der Waals surface area contributed by atoms with Crippen LogP contribution in [0.2, 0.25) is 0 Å². The summed E-state index contributed by atoms with van der Waals surface area (Å²) in [5.41, 5.74) is 6.23. The van der Waals surface area contributed by atoms with Crippen LogP contribution in [0.5, 0.6) is 0 Å². The molecule has 108 valence electrons. The van der Waals surface area contributed by atoms with E-state index in [2.05, 4.69) is 39.2 Å². The van der Waals surface area contributed by atoms with Crippen LogP contribution in [0.15, 0.2) is 29.1 Å². The van der Waals surface area contributed by atoms with Crippen LogP contribution in [0.3, 0.4) is 0 Å². The standard InChI is InChI=1S/C14H20N4S2/c1-11(15)13(12-3-2-9-19-12)17-5-7-18(8-6-17)14-16-4-10-20-14/h2-4,9-11,13H,5-8,15H2,1H3. The van der Waals surface area contributed by atoms with Gasteiger partial charge in [-0.15, -0.1) is 22.7 Å². The van der Waals surface area contributed by atoms with Crippen molar-refractivity contribution >= 4 is 27.8 Å². The van der Waals surface area contributed by atoms with E-state index in [0.717, 1.165) is 31.3 Å². The molecule has 4 nitrogen and oxygen atoms in total. The Morgan fingerprint density at radius 3 is 2.55 bits per heavy atom. The summed E-state index contributed by atoms with van der Waals surface area (Å²) < 4.78 is 0. The van der Waals surface area contributed by atoms with Crippen LogP contribution in [-0.2, 0) is 0 Å². The highest BCUT2D eigenvalue weighted by Crippen LogP contribution is 2.29. The van der Waals surface area contributed by atoms with Crippen molar-refractivity contribution in [2.45, 2.75) is 19.0 Å². The van der Waals surface area contributed by atoms with Gasteiger partial charge in [0.2, 0.25) is 0 Å². The van der Waals surface area contributed by atoms with Crippen molar-refractivity contribution < 1.29 is 0 Å². The van der Waals surface area contributed by atoms with Gasteiger partial charge in [0, 0.05) is 48.7 Å². The largest absolute Gasteiger partial charge is 0.346 e. The molecule has 1 aliphatic heterocycles. The number of nitrogens with zero attached hydrogens (tertiary/aromatic N) is 3. The molecule has 0 saturated carbocycles. The van der Waals surface area contributed by atoms with Crippen molar-refractivity contribution in [2.24, 2.45) is 5.73 Å². The van der Waals surface area contributed by atoms with Crippen molar-refractivity contribution in [3.63, 3.8) is 0 Å².